The second kappa shape index (κ2) is 6.87. The molecule has 0 radical (unpaired) electrons. The van der Waals surface area contributed by atoms with Gasteiger partial charge in [-0.1, -0.05) is 48.9 Å². The van der Waals surface area contributed by atoms with Crippen LogP contribution in [0.3, 0.4) is 0 Å². The molecule has 0 aliphatic heterocycles. The summed E-state index contributed by atoms with van der Waals surface area (Å²) < 4.78 is 0. The van der Waals surface area contributed by atoms with Crippen molar-refractivity contribution in [2.75, 3.05) is 6.54 Å². The molecular formula is C20H21NO3. The molecule has 24 heavy (non-hydrogen) atoms. The molecule has 2 N–H and O–H groups in total. The van der Waals surface area contributed by atoms with Crippen LogP contribution in [0.15, 0.2) is 54.6 Å². The van der Waals surface area contributed by atoms with Crippen molar-refractivity contribution in [1.82, 2.24) is 5.32 Å². The molecule has 1 saturated carbocycles. The van der Waals surface area contributed by atoms with Crippen molar-refractivity contribution in [3.8, 4) is 0 Å². The zero-order valence-electron chi connectivity index (χ0n) is 13.5. The molecule has 1 fully saturated rings. The molecule has 2 aromatic carbocycles. The Labute approximate surface area is 141 Å². The van der Waals surface area contributed by atoms with Crippen LogP contribution in [0.25, 0.3) is 0 Å². The Morgan fingerprint density at radius 3 is 2.42 bits per heavy atom. The number of hydrogen-bond acceptors (Lipinski definition) is 2. The van der Waals surface area contributed by atoms with Gasteiger partial charge in [-0.25, -0.2) is 4.79 Å². The van der Waals surface area contributed by atoms with Gasteiger partial charge in [-0.05, 0) is 42.5 Å². The number of carboxylic acids is 1. The van der Waals surface area contributed by atoms with Crippen LogP contribution in [-0.4, -0.2) is 23.5 Å². The van der Waals surface area contributed by atoms with Gasteiger partial charge in [0.1, 0.15) is 0 Å². The monoisotopic (exact) mass is 323 g/mol. The van der Waals surface area contributed by atoms with Gasteiger partial charge in [0.2, 0.25) is 5.91 Å². The average molecular weight is 323 g/mol. The Balaban J connectivity index is 1.61. The van der Waals surface area contributed by atoms with Crippen LogP contribution in [0.4, 0.5) is 0 Å². The van der Waals surface area contributed by atoms with Crippen molar-refractivity contribution in [3.05, 3.63) is 71.3 Å². The number of aromatic carboxylic acids is 1. The summed E-state index contributed by atoms with van der Waals surface area (Å²) >= 11 is 0. The average Bonchev–Trinajstić information content (AvgIpc) is 2.55. The van der Waals surface area contributed by atoms with Crippen molar-refractivity contribution in [2.24, 2.45) is 0 Å². The molecule has 4 nitrogen and oxygen atoms in total. The fourth-order valence-electron chi connectivity index (χ4n) is 3.28. The maximum Gasteiger partial charge on any atom is 0.335 e. The van der Waals surface area contributed by atoms with Crippen LogP contribution in [-0.2, 0) is 16.6 Å². The third kappa shape index (κ3) is 3.18. The predicted molar refractivity (Wildman–Crippen MR) is 92.1 cm³/mol. The van der Waals surface area contributed by atoms with E-state index in [0.29, 0.717) is 13.0 Å². The standard InChI is InChI=1S/C20H21NO3/c22-18(23)16-7-4-6-15(14-16)10-13-21-19(24)20(11-5-12-20)17-8-2-1-3-9-17/h1-4,6-9,14H,5,10-13H2,(H,21,24)(H,22,23). The lowest BCUT2D eigenvalue weighted by atomic mass is 9.64. The molecule has 124 valence electrons. The number of nitrogens with one attached hydrogen (secondary N) is 1. The van der Waals surface area contributed by atoms with E-state index >= 15 is 0 Å². The van der Waals surface area contributed by atoms with Crippen LogP contribution in [0.5, 0.6) is 0 Å². The number of amides is 1. The highest BCUT2D eigenvalue weighted by molar-refractivity contribution is 5.89. The van der Waals surface area contributed by atoms with E-state index in [9.17, 15) is 9.59 Å². The van der Waals surface area contributed by atoms with Crippen molar-refractivity contribution < 1.29 is 14.7 Å². The molecular weight excluding hydrogens is 302 g/mol. The molecule has 2 aromatic rings. The van der Waals surface area contributed by atoms with Gasteiger partial charge in [0.15, 0.2) is 0 Å². The molecule has 1 aliphatic carbocycles. The Morgan fingerprint density at radius 1 is 1.04 bits per heavy atom. The van der Waals surface area contributed by atoms with Crippen LogP contribution in [0.1, 0.15) is 40.7 Å². The number of carboxylic acid groups (broad SMARTS) is 1. The first-order valence-electron chi connectivity index (χ1n) is 8.28. The summed E-state index contributed by atoms with van der Waals surface area (Å²) in [7, 11) is 0. The molecule has 3 rings (SSSR count). The third-order valence-electron chi connectivity index (χ3n) is 4.84. The van der Waals surface area contributed by atoms with E-state index in [4.69, 9.17) is 5.11 Å². The lowest BCUT2D eigenvalue weighted by Gasteiger charge is -2.40. The molecule has 0 unspecified atom stereocenters. The summed E-state index contributed by atoms with van der Waals surface area (Å²) in [6, 6.07) is 16.8. The van der Waals surface area contributed by atoms with E-state index in [-0.39, 0.29) is 16.9 Å². The van der Waals surface area contributed by atoms with Gasteiger partial charge in [0.25, 0.3) is 0 Å². The Kier molecular flexibility index (Phi) is 4.65. The van der Waals surface area contributed by atoms with Crippen molar-refractivity contribution in [3.63, 3.8) is 0 Å². The quantitative estimate of drug-likeness (QED) is 0.858. The highest BCUT2D eigenvalue weighted by Crippen LogP contribution is 2.43. The Bertz CT molecular complexity index is 736. The van der Waals surface area contributed by atoms with E-state index in [1.165, 1.54) is 0 Å². The molecule has 0 spiro atoms. The van der Waals surface area contributed by atoms with Gasteiger partial charge in [-0.3, -0.25) is 4.79 Å². The van der Waals surface area contributed by atoms with E-state index in [1.54, 1.807) is 18.2 Å². The lowest BCUT2D eigenvalue weighted by Crippen LogP contribution is -2.49. The maximum atomic E-state index is 12.7. The molecule has 1 aliphatic rings. The normalized spacial score (nSPS) is 15.3. The number of carbonyl (C=O) groups is 2. The Hall–Kier alpha value is -2.62. The van der Waals surface area contributed by atoms with Crippen LogP contribution in [0, 0.1) is 0 Å². The van der Waals surface area contributed by atoms with Gasteiger partial charge in [0, 0.05) is 6.54 Å². The minimum Gasteiger partial charge on any atom is -0.478 e. The number of rotatable bonds is 6. The minimum absolute atomic E-state index is 0.0781. The topological polar surface area (TPSA) is 66.4 Å². The fourth-order valence-corrected chi connectivity index (χ4v) is 3.28. The van der Waals surface area contributed by atoms with Crippen LogP contribution < -0.4 is 5.32 Å². The van der Waals surface area contributed by atoms with E-state index in [1.807, 2.05) is 36.4 Å². The summed E-state index contributed by atoms with van der Waals surface area (Å²) in [6.45, 7) is 0.510. The first kappa shape index (κ1) is 16.2. The van der Waals surface area contributed by atoms with Crippen molar-refractivity contribution >= 4 is 11.9 Å². The second-order valence-electron chi connectivity index (χ2n) is 6.31. The molecule has 0 saturated heterocycles. The Morgan fingerprint density at radius 2 is 1.79 bits per heavy atom. The van der Waals surface area contributed by atoms with Crippen molar-refractivity contribution in [2.45, 2.75) is 31.1 Å². The molecule has 0 atom stereocenters. The first-order chi connectivity index (χ1) is 11.6. The highest BCUT2D eigenvalue weighted by Gasteiger charge is 2.45. The van der Waals surface area contributed by atoms with E-state index in [0.717, 1.165) is 30.4 Å². The molecule has 0 bridgehead atoms. The fraction of sp³-hybridized carbons (Fsp3) is 0.300. The zero-order valence-corrected chi connectivity index (χ0v) is 13.5. The van der Waals surface area contributed by atoms with E-state index in [2.05, 4.69) is 5.32 Å². The lowest BCUT2D eigenvalue weighted by molar-refractivity contribution is -0.129. The highest BCUT2D eigenvalue weighted by atomic mass is 16.4. The predicted octanol–water partition coefficient (Wildman–Crippen LogP) is 3.17. The van der Waals surface area contributed by atoms with Gasteiger partial charge in [-0.15, -0.1) is 0 Å². The number of hydrogen-bond donors (Lipinski definition) is 2. The number of benzene rings is 2. The summed E-state index contributed by atoms with van der Waals surface area (Å²) in [4.78, 5) is 23.7. The molecule has 0 heterocycles. The van der Waals surface area contributed by atoms with Gasteiger partial charge in [-0.2, -0.15) is 0 Å². The molecule has 0 aromatic heterocycles. The van der Waals surface area contributed by atoms with E-state index < -0.39 is 5.97 Å². The SMILES string of the molecule is O=C(O)c1cccc(CCNC(=O)C2(c3ccccc3)CCC2)c1. The zero-order chi connectivity index (χ0) is 17.0. The van der Waals surface area contributed by atoms with Gasteiger partial charge < -0.3 is 10.4 Å². The summed E-state index contributed by atoms with van der Waals surface area (Å²) in [5.74, 6) is -0.854. The smallest absolute Gasteiger partial charge is 0.335 e. The summed E-state index contributed by atoms with van der Waals surface area (Å²) in [5, 5.41) is 12.1. The second-order valence-corrected chi connectivity index (χ2v) is 6.31. The van der Waals surface area contributed by atoms with Gasteiger partial charge in [0.05, 0.1) is 11.0 Å². The van der Waals surface area contributed by atoms with Crippen molar-refractivity contribution in [1.29, 1.82) is 0 Å². The maximum absolute atomic E-state index is 12.7. The van der Waals surface area contributed by atoms with Crippen LogP contribution >= 0.6 is 0 Å². The molecule has 1 amide bonds. The van der Waals surface area contributed by atoms with Gasteiger partial charge >= 0.3 is 5.97 Å². The van der Waals surface area contributed by atoms with Crippen LogP contribution in [0.2, 0.25) is 0 Å². The largest absolute Gasteiger partial charge is 0.478 e. The minimum atomic E-state index is -0.932. The molecule has 4 heteroatoms. The first-order valence-corrected chi connectivity index (χ1v) is 8.28. The third-order valence-corrected chi connectivity index (χ3v) is 4.84. The summed E-state index contributed by atoms with van der Waals surface area (Å²) in [5.41, 5.74) is 1.89. The summed E-state index contributed by atoms with van der Waals surface area (Å²) in [6.07, 6.45) is 3.47. The number of carbonyl (C=O) groups excluding carboxylic acids is 1.